The Morgan fingerprint density at radius 2 is 2.04 bits per heavy atom. The number of para-hydroxylation sites is 1. The molecular weight excluding hydrogens is 427 g/mol. The second-order valence-corrected chi connectivity index (χ2v) is 6.96. The molecule has 2 aromatic rings. The van der Waals surface area contributed by atoms with E-state index in [-0.39, 0.29) is 24.0 Å². The zero-order chi connectivity index (χ0) is 17.0. The van der Waals surface area contributed by atoms with Crippen LogP contribution in [0.15, 0.2) is 41.7 Å². The van der Waals surface area contributed by atoms with Gasteiger partial charge in [0.1, 0.15) is 12.9 Å². The Bertz CT molecular complexity index is 695. The number of aromatic nitrogens is 3. The molecule has 136 valence electrons. The Hall–Kier alpha value is -1.64. The minimum Gasteiger partial charge on any atom is -0.357 e. The van der Waals surface area contributed by atoms with Crippen LogP contribution >= 0.6 is 24.0 Å². The summed E-state index contributed by atoms with van der Waals surface area (Å²) >= 11 is 0. The van der Waals surface area contributed by atoms with E-state index in [2.05, 4.69) is 41.2 Å². The van der Waals surface area contributed by atoms with Gasteiger partial charge < -0.3 is 10.2 Å². The largest absolute Gasteiger partial charge is 0.357 e. The van der Waals surface area contributed by atoms with Crippen LogP contribution in [0.5, 0.6) is 0 Å². The molecule has 1 aromatic heterocycles. The van der Waals surface area contributed by atoms with Crippen molar-refractivity contribution in [3.63, 3.8) is 0 Å². The van der Waals surface area contributed by atoms with Gasteiger partial charge >= 0.3 is 0 Å². The van der Waals surface area contributed by atoms with Crippen LogP contribution in [-0.4, -0.2) is 45.3 Å². The molecule has 3 rings (SSSR count). The van der Waals surface area contributed by atoms with Gasteiger partial charge in [-0.15, -0.1) is 34.2 Å². The molecule has 0 saturated carbocycles. The number of nitrogens with one attached hydrogen (secondary N) is 1. The Kier molecular flexibility index (Phi) is 6.80. The lowest BCUT2D eigenvalue weighted by Gasteiger charge is -2.23. The first kappa shape index (κ1) is 19.7. The van der Waals surface area contributed by atoms with Crippen molar-refractivity contribution in [1.82, 2.24) is 25.0 Å². The van der Waals surface area contributed by atoms with Crippen LogP contribution in [0.3, 0.4) is 0 Å². The van der Waals surface area contributed by atoms with Crippen LogP contribution < -0.4 is 5.32 Å². The summed E-state index contributed by atoms with van der Waals surface area (Å²) in [5.74, 6) is 1.81. The van der Waals surface area contributed by atoms with Crippen molar-refractivity contribution in [2.24, 2.45) is 10.4 Å². The summed E-state index contributed by atoms with van der Waals surface area (Å²) in [5, 5.41) is 11.7. The van der Waals surface area contributed by atoms with Gasteiger partial charge in [-0.3, -0.25) is 4.57 Å². The first-order valence-electron chi connectivity index (χ1n) is 8.57. The van der Waals surface area contributed by atoms with Gasteiger partial charge in [0.15, 0.2) is 11.8 Å². The van der Waals surface area contributed by atoms with Crippen LogP contribution in [0.1, 0.15) is 33.0 Å². The van der Waals surface area contributed by atoms with Crippen molar-refractivity contribution in [3.05, 3.63) is 42.5 Å². The van der Waals surface area contributed by atoms with E-state index in [4.69, 9.17) is 4.99 Å². The molecule has 2 heterocycles. The fourth-order valence-corrected chi connectivity index (χ4v) is 3.04. The number of halogens is 1. The fourth-order valence-electron chi connectivity index (χ4n) is 3.04. The zero-order valence-corrected chi connectivity index (χ0v) is 17.5. The van der Waals surface area contributed by atoms with Crippen molar-refractivity contribution in [3.8, 4) is 5.69 Å². The second kappa shape index (κ2) is 8.64. The number of likely N-dealkylation sites (tertiary alicyclic amines) is 1. The maximum absolute atomic E-state index is 4.80. The first-order valence-corrected chi connectivity index (χ1v) is 8.57. The number of benzene rings is 1. The molecule has 1 N–H and O–H groups in total. The van der Waals surface area contributed by atoms with E-state index in [1.165, 1.54) is 6.42 Å². The van der Waals surface area contributed by atoms with Crippen molar-refractivity contribution in [2.75, 3.05) is 19.6 Å². The van der Waals surface area contributed by atoms with Crippen LogP contribution in [0.2, 0.25) is 0 Å². The van der Waals surface area contributed by atoms with E-state index in [1.54, 1.807) is 6.33 Å². The normalized spacial score (nSPS) is 16.6. The highest BCUT2D eigenvalue weighted by Crippen LogP contribution is 2.28. The van der Waals surface area contributed by atoms with Gasteiger partial charge in [-0.1, -0.05) is 32.0 Å². The molecule has 1 saturated heterocycles. The molecule has 0 amide bonds. The fraction of sp³-hybridized carbons (Fsp3) is 0.500. The molecule has 1 fully saturated rings. The Morgan fingerprint density at radius 1 is 1.28 bits per heavy atom. The van der Waals surface area contributed by atoms with Gasteiger partial charge in [-0.25, -0.2) is 4.99 Å². The number of aliphatic imine (C=N–C) groups is 1. The highest BCUT2D eigenvalue weighted by molar-refractivity contribution is 14.0. The van der Waals surface area contributed by atoms with Gasteiger partial charge in [0.05, 0.1) is 0 Å². The summed E-state index contributed by atoms with van der Waals surface area (Å²) in [4.78, 5) is 7.14. The summed E-state index contributed by atoms with van der Waals surface area (Å²) in [6.07, 6.45) is 2.93. The van der Waals surface area contributed by atoms with Gasteiger partial charge in [0.25, 0.3) is 0 Å². The number of guanidine groups is 1. The third-order valence-corrected chi connectivity index (χ3v) is 4.33. The van der Waals surface area contributed by atoms with Gasteiger partial charge in [-0.2, -0.15) is 0 Å². The van der Waals surface area contributed by atoms with E-state index < -0.39 is 0 Å². The Labute approximate surface area is 166 Å². The van der Waals surface area contributed by atoms with E-state index >= 15 is 0 Å². The predicted octanol–water partition coefficient (Wildman–Crippen LogP) is 3.08. The van der Waals surface area contributed by atoms with E-state index in [9.17, 15) is 0 Å². The average molecular weight is 454 g/mol. The van der Waals surface area contributed by atoms with E-state index in [0.717, 1.165) is 37.1 Å². The van der Waals surface area contributed by atoms with Crippen molar-refractivity contribution < 1.29 is 0 Å². The highest BCUT2D eigenvalue weighted by Gasteiger charge is 2.30. The average Bonchev–Trinajstić information content (AvgIpc) is 3.18. The third kappa shape index (κ3) is 4.93. The third-order valence-electron chi connectivity index (χ3n) is 4.33. The van der Waals surface area contributed by atoms with Crippen LogP contribution in [0.4, 0.5) is 0 Å². The van der Waals surface area contributed by atoms with Crippen LogP contribution in [0.25, 0.3) is 5.69 Å². The summed E-state index contributed by atoms with van der Waals surface area (Å²) in [7, 11) is 0. The minimum atomic E-state index is 0. The lowest BCUT2D eigenvalue weighted by atomic mass is 9.93. The molecule has 0 radical (unpaired) electrons. The second-order valence-electron chi connectivity index (χ2n) is 6.96. The number of hydrogen-bond acceptors (Lipinski definition) is 3. The number of hydrogen-bond donors (Lipinski definition) is 1. The lowest BCUT2D eigenvalue weighted by molar-refractivity contribution is 0.370. The SMILES string of the molecule is CCNC(=NCc1nncn1-c1ccccc1)N1CCC(C)(C)C1.I. The van der Waals surface area contributed by atoms with Gasteiger partial charge in [0.2, 0.25) is 0 Å². The zero-order valence-electron chi connectivity index (χ0n) is 15.1. The standard InChI is InChI=1S/C18H26N6.HI/c1-4-19-17(23-11-10-18(2,3)13-23)20-12-16-22-21-14-24(16)15-8-6-5-7-9-15;/h5-9,14H,4,10-13H2,1-3H3,(H,19,20);1H. The molecule has 0 unspecified atom stereocenters. The molecule has 1 aliphatic heterocycles. The smallest absolute Gasteiger partial charge is 0.194 e. The molecule has 1 aromatic carbocycles. The van der Waals surface area contributed by atoms with Gasteiger partial charge in [-0.05, 0) is 30.9 Å². The van der Waals surface area contributed by atoms with Crippen molar-refractivity contribution in [2.45, 2.75) is 33.7 Å². The van der Waals surface area contributed by atoms with Gasteiger partial charge in [0, 0.05) is 25.3 Å². The topological polar surface area (TPSA) is 58.3 Å². The molecule has 0 bridgehead atoms. The molecule has 0 aliphatic carbocycles. The van der Waals surface area contributed by atoms with E-state index in [0.29, 0.717) is 12.0 Å². The number of rotatable bonds is 4. The minimum absolute atomic E-state index is 0. The van der Waals surface area contributed by atoms with Crippen LogP contribution in [0, 0.1) is 5.41 Å². The highest BCUT2D eigenvalue weighted by atomic mass is 127. The monoisotopic (exact) mass is 454 g/mol. The Morgan fingerprint density at radius 3 is 2.68 bits per heavy atom. The van der Waals surface area contributed by atoms with Crippen LogP contribution in [-0.2, 0) is 6.54 Å². The molecular formula is C18H27IN6. The summed E-state index contributed by atoms with van der Waals surface area (Å²) in [6, 6.07) is 10.1. The molecule has 6 nitrogen and oxygen atoms in total. The maximum atomic E-state index is 4.80. The lowest BCUT2D eigenvalue weighted by Crippen LogP contribution is -2.40. The first-order chi connectivity index (χ1) is 11.6. The van der Waals surface area contributed by atoms with Crippen molar-refractivity contribution in [1.29, 1.82) is 0 Å². The predicted molar refractivity (Wildman–Crippen MR) is 112 cm³/mol. The Balaban J connectivity index is 0.00000225. The molecule has 0 spiro atoms. The van der Waals surface area contributed by atoms with Crippen molar-refractivity contribution >= 4 is 29.9 Å². The van der Waals surface area contributed by atoms with E-state index in [1.807, 2.05) is 34.9 Å². The summed E-state index contributed by atoms with van der Waals surface area (Å²) in [5.41, 5.74) is 1.40. The molecule has 1 aliphatic rings. The quantitative estimate of drug-likeness (QED) is 0.439. The number of nitrogens with zero attached hydrogens (tertiary/aromatic N) is 5. The summed E-state index contributed by atoms with van der Waals surface area (Å²) < 4.78 is 1.99. The maximum Gasteiger partial charge on any atom is 0.194 e. The molecule has 0 atom stereocenters. The summed E-state index contributed by atoms with van der Waals surface area (Å²) in [6.45, 7) is 10.2. The molecule has 7 heteroatoms. The molecule has 25 heavy (non-hydrogen) atoms.